The number of aryl methyl sites for hydroxylation is 1. The van der Waals surface area contributed by atoms with Gasteiger partial charge in [0.15, 0.2) is 0 Å². The molecule has 0 aliphatic carbocycles. The van der Waals surface area contributed by atoms with E-state index in [-0.39, 0.29) is 11.5 Å². The first kappa shape index (κ1) is 20.3. The summed E-state index contributed by atoms with van der Waals surface area (Å²) in [5.41, 5.74) is 2.73. The standard InChI is InChI=1S/C23H25N3O3/c1-4-5-12-26(3)21-14-19(23(28)29)18-13-16(10-11-20(18)25-21)24-22(27)17-9-7-6-8-15(17)2/h6-11,13-14H,4-5,12H2,1-3H3,(H,24,27)(H,28,29). The zero-order valence-electron chi connectivity index (χ0n) is 16.9. The Hall–Kier alpha value is -3.41. The third-order valence-electron chi connectivity index (χ3n) is 4.91. The van der Waals surface area contributed by atoms with Gasteiger partial charge in [-0.05, 0) is 49.2 Å². The summed E-state index contributed by atoms with van der Waals surface area (Å²) in [4.78, 5) is 31.0. The fourth-order valence-corrected chi connectivity index (χ4v) is 3.20. The van der Waals surface area contributed by atoms with E-state index in [1.54, 1.807) is 30.3 Å². The number of anilines is 2. The summed E-state index contributed by atoms with van der Waals surface area (Å²) in [5, 5.41) is 13.1. The Labute approximate surface area is 170 Å². The smallest absolute Gasteiger partial charge is 0.336 e. The molecule has 0 fully saturated rings. The molecule has 0 unspecified atom stereocenters. The number of nitrogens with one attached hydrogen (secondary N) is 1. The van der Waals surface area contributed by atoms with Crippen molar-refractivity contribution in [3.05, 3.63) is 65.2 Å². The summed E-state index contributed by atoms with van der Waals surface area (Å²) in [5.74, 6) is -0.631. The maximum atomic E-state index is 12.6. The van der Waals surface area contributed by atoms with Crippen LogP contribution in [-0.2, 0) is 0 Å². The van der Waals surface area contributed by atoms with E-state index in [2.05, 4.69) is 17.2 Å². The summed E-state index contributed by atoms with van der Waals surface area (Å²) in [6.07, 6.45) is 2.05. The number of carbonyl (C=O) groups is 2. The summed E-state index contributed by atoms with van der Waals surface area (Å²) in [6, 6.07) is 14.1. The predicted octanol–water partition coefficient (Wildman–Crippen LogP) is 4.73. The Morgan fingerprint density at radius 1 is 1.10 bits per heavy atom. The van der Waals surface area contributed by atoms with Crippen molar-refractivity contribution >= 4 is 34.3 Å². The number of pyridine rings is 1. The fourth-order valence-electron chi connectivity index (χ4n) is 3.20. The van der Waals surface area contributed by atoms with Gasteiger partial charge in [-0.3, -0.25) is 4.79 Å². The predicted molar refractivity (Wildman–Crippen MR) is 116 cm³/mol. The van der Waals surface area contributed by atoms with E-state index in [9.17, 15) is 14.7 Å². The van der Waals surface area contributed by atoms with Gasteiger partial charge in [0.1, 0.15) is 5.82 Å². The number of rotatable bonds is 7. The van der Waals surface area contributed by atoms with Crippen LogP contribution in [0.15, 0.2) is 48.5 Å². The number of unbranched alkanes of at least 4 members (excludes halogenated alkanes) is 1. The van der Waals surface area contributed by atoms with Crippen molar-refractivity contribution in [3.8, 4) is 0 Å². The average Bonchev–Trinajstić information content (AvgIpc) is 2.71. The number of aromatic nitrogens is 1. The van der Waals surface area contributed by atoms with Crippen molar-refractivity contribution in [2.24, 2.45) is 0 Å². The molecule has 150 valence electrons. The highest BCUT2D eigenvalue weighted by Gasteiger charge is 2.16. The average molecular weight is 391 g/mol. The van der Waals surface area contributed by atoms with Crippen LogP contribution >= 0.6 is 0 Å². The Kier molecular flexibility index (Phi) is 6.12. The highest BCUT2D eigenvalue weighted by Crippen LogP contribution is 2.26. The van der Waals surface area contributed by atoms with E-state index in [1.807, 2.05) is 37.1 Å². The van der Waals surface area contributed by atoms with E-state index < -0.39 is 5.97 Å². The van der Waals surface area contributed by atoms with Gasteiger partial charge in [0, 0.05) is 30.2 Å². The normalized spacial score (nSPS) is 10.7. The minimum absolute atomic E-state index is 0.167. The minimum atomic E-state index is -1.02. The third-order valence-corrected chi connectivity index (χ3v) is 4.91. The molecule has 0 spiro atoms. The van der Waals surface area contributed by atoms with Gasteiger partial charge in [-0.2, -0.15) is 0 Å². The van der Waals surface area contributed by atoms with Crippen LogP contribution < -0.4 is 10.2 Å². The Bertz CT molecular complexity index is 1060. The number of carboxylic acid groups (broad SMARTS) is 1. The molecule has 2 aromatic carbocycles. The Morgan fingerprint density at radius 2 is 1.86 bits per heavy atom. The lowest BCUT2D eigenvalue weighted by Crippen LogP contribution is -2.20. The Morgan fingerprint density at radius 3 is 2.55 bits per heavy atom. The molecule has 6 heteroatoms. The molecular formula is C23H25N3O3. The molecule has 1 aromatic heterocycles. The summed E-state index contributed by atoms with van der Waals surface area (Å²) in [6.45, 7) is 4.79. The first-order valence-corrected chi connectivity index (χ1v) is 9.67. The highest BCUT2D eigenvalue weighted by molar-refractivity contribution is 6.08. The lowest BCUT2D eigenvalue weighted by atomic mass is 10.1. The SMILES string of the molecule is CCCCN(C)c1cc(C(=O)O)c2cc(NC(=O)c3ccccc3C)ccc2n1. The number of carbonyl (C=O) groups excluding carboxylic acids is 1. The fraction of sp³-hybridized carbons (Fsp3) is 0.261. The number of hydrogen-bond acceptors (Lipinski definition) is 4. The van der Waals surface area contributed by atoms with Gasteiger partial charge < -0.3 is 15.3 Å². The van der Waals surface area contributed by atoms with Crippen LogP contribution in [0.1, 0.15) is 46.0 Å². The van der Waals surface area contributed by atoms with Gasteiger partial charge in [0.05, 0.1) is 11.1 Å². The summed E-state index contributed by atoms with van der Waals surface area (Å²) in [7, 11) is 1.91. The molecule has 3 aromatic rings. The van der Waals surface area contributed by atoms with Crippen molar-refractivity contribution in [1.82, 2.24) is 4.98 Å². The quantitative estimate of drug-likeness (QED) is 0.608. The van der Waals surface area contributed by atoms with E-state index in [0.717, 1.165) is 24.9 Å². The number of nitrogens with zero attached hydrogens (tertiary/aromatic N) is 2. The largest absolute Gasteiger partial charge is 0.478 e. The minimum Gasteiger partial charge on any atom is -0.478 e. The molecule has 2 N–H and O–H groups in total. The van der Waals surface area contributed by atoms with Crippen LogP contribution in [0.4, 0.5) is 11.5 Å². The van der Waals surface area contributed by atoms with Crippen molar-refractivity contribution in [1.29, 1.82) is 0 Å². The van der Waals surface area contributed by atoms with Crippen LogP contribution in [0.25, 0.3) is 10.9 Å². The lowest BCUT2D eigenvalue weighted by molar-refractivity contribution is 0.0698. The maximum absolute atomic E-state index is 12.6. The highest BCUT2D eigenvalue weighted by atomic mass is 16.4. The number of fused-ring (bicyclic) bond motifs is 1. The first-order chi connectivity index (χ1) is 13.9. The number of carboxylic acids is 1. The van der Waals surface area contributed by atoms with Crippen molar-refractivity contribution in [3.63, 3.8) is 0 Å². The molecule has 0 saturated heterocycles. The van der Waals surface area contributed by atoms with Crippen molar-refractivity contribution in [2.45, 2.75) is 26.7 Å². The molecule has 1 heterocycles. The zero-order valence-corrected chi connectivity index (χ0v) is 16.9. The van der Waals surface area contributed by atoms with Gasteiger partial charge in [0.2, 0.25) is 0 Å². The van der Waals surface area contributed by atoms with Crippen LogP contribution in [0.2, 0.25) is 0 Å². The lowest BCUT2D eigenvalue weighted by Gasteiger charge is -2.19. The molecule has 0 saturated carbocycles. The number of benzene rings is 2. The molecular weight excluding hydrogens is 366 g/mol. The molecule has 1 amide bonds. The molecule has 6 nitrogen and oxygen atoms in total. The number of amides is 1. The van der Waals surface area contributed by atoms with E-state index in [4.69, 9.17) is 0 Å². The van der Waals surface area contributed by atoms with E-state index >= 15 is 0 Å². The molecule has 0 aliphatic heterocycles. The van der Waals surface area contributed by atoms with E-state index in [0.29, 0.717) is 28.0 Å². The molecule has 29 heavy (non-hydrogen) atoms. The molecule has 3 rings (SSSR count). The van der Waals surface area contributed by atoms with Crippen LogP contribution in [0.5, 0.6) is 0 Å². The van der Waals surface area contributed by atoms with Gasteiger partial charge >= 0.3 is 5.97 Å². The second-order valence-electron chi connectivity index (χ2n) is 7.11. The van der Waals surface area contributed by atoms with E-state index in [1.165, 1.54) is 0 Å². The molecule has 0 bridgehead atoms. The second-order valence-corrected chi connectivity index (χ2v) is 7.11. The van der Waals surface area contributed by atoms with Crippen molar-refractivity contribution < 1.29 is 14.7 Å². The maximum Gasteiger partial charge on any atom is 0.336 e. The Balaban J connectivity index is 1.96. The summed E-state index contributed by atoms with van der Waals surface area (Å²) >= 11 is 0. The van der Waals surface area contributed by atoms with Gasteiger partial charge in [-0.15, -0.1) is 0 Å². The van der Waals surface area contributed by atoms with Gasteiger partial charge in [-0.1, -0.05) is 31.5 Å². The first-order valence-electron chi connectivity index (χ1n) is 9.67. The molecule has 0 radical (unpaired) electrons. The topological polar surface area (TPSA) is 82.5 Å². The van der Waals surface area contributed by atoms with Crippen LogP contribution in [0.3, 0.4) is 0 Å². The second kappa shape index (κ2) is 8.73. The van der Waals surface area contributed by atoms with Crippen LogP contribution in [0, 0.1) is 6.92 Å². The monoisotopic (exact) mass is 391 g/mol. The van der Waals surface area contributed by atoms with Gasteiger partial charge in [0.25, 0.3) is 5.91 Å². The molecule has 0 aliphatic rings. The van der Waals surface area contributed by atoms with Crippen LogP contribution in [-0.4, -0.2) is 35.6 Å². The molecule has 0 atom stereocenters. The van der Waals surface area contributed by atoms with Gasteiger partial charge in [-0.25, -0.2) is 9.78 Å². The number of hydrogen-bond donors (Lipinski definition) is 2. The zero-order chi connectivity index (χ0) is 21.0. The summed E-state index contributed by atoms with van der Waals surface area (Å²) < 4.78 is 0. The number of aromatic carboxylic acids is 1. The van der Waals surface area contributed by atoms with Crippen molar-refractivity contribution in [2.75, 3.05) is 23.8 Å². The third kappa shape index (κ3) is 4.54.